The quantitative estimate of drug-likeness (QED) is 0.545. The van der Waals surface area contributed by atoms with Crippen molar-refractivity contribution in [1.29, 1.82) is 0 Å². The number of rotatable bonds is 6. The Bertz CT molecular complexity index is 403. The van der Waals surface area contributed by atoms with Crippen molar-refractivity contribution in [2.75, 3.05) is 7.05 Å². The van der Waals surface area contributed by atoms with Crippen LogP contribution >= 0.6 is 0 Å². The van der Waals surface area contributed by atoms with Crippen LogP contribution in [0.5, 0.6) is 0 Å². The molecule has 0 atom stereocenters. The lowest BCUT2D eigenvalue weighted by Gasteiger charge is -2.12. The topological polar surface area (TPSA) is 24.4 Å². The Kier molecular flexibility index (Phi) is 6.64. The molecular weight excluding hydrogens is 208 g/mol. The van der Waals surface area contributed by atoms with E-state index in [9.17, 15) is 0 Å². The second-order valence-corrected chi connectivity index (χ2v) is 3.79. The lowest BCUT2D eigenvalue weighted by molar-refractivity contribution is 1.08. The van der Waals surface area contributed by atoms with Crippen molar-refractivity contribution < 1.29 is 0 Å². The molecule has 0 aromatic carbocycles. The summed E-state index contributed by atoms with van der Waals surface area (Å²) in [7, 11) is 1.84. The maximum Gasteiger partial charge on any atom is 0.0659 e. The Hall–Kier alpha value is -1.83. The molecule has 17 heavy (non-hydrogen) atoms. The van der Waals surface area contributed by atoms with E-state index < -0.39 is 0 Å². The van der Waals surface area contributed by atoms with Crippen LogP contribution in [0.4, 0.5) is 0 Å². The number of hydrogen-bond donors (Lipinski definition) is 1. The minimum absolute atomic E-state index is 0.827. The van der Waals surface area contributed by atoms with Crippen molar-refractivity contribution in [2.24, 2.45) is 4.99 Å². The van der Waals surface area contributed by atoms with E-state index in [4.69, 9.17) is 0 Å². The van der Waals surface area contributed by atoms with Crippen LogP contribution in [0.25, 0.3) is 0 Å². The minimum Gasteiger partial charge on any atom is -0.393 e. The molecule has 0 unspecified atom stereocenters. The van der Waals surface area contributed by atoms with Gasteiger partial charge in [0.05, 0.1) is 5.70 Å². The normalized spacial score (nSPS) is 11.8. The van der Waals surface area contributed by atoms with Gasteiger partial charge in [0, 0.05) is 30.1 Å². The summed E-state index contributed by atoms with van der Waals surface area (Å²) in [5.41, 5.74) is 4.43. The fraction of sp³-hybridized carbons (Fsp3) is 0.267. The molecule has 0 radical (unpaired) electrons. The van der Waals surface area contributed by atoms with Gasteiger partial charge in [-0.25, -0.2) is 0 Å². The fourth-order valence-corrected chi connectivity index (χ4v) is 1.31. The number of nitrogens with one attached hydrogen (secondary N) is 1. The van der Waals surface area contributed by atoms with Gasteiger partial charge in [0.25, 0.3) is 0 Å². The van der Waals surface area contributed by atoms with Gasteiger partial charge < -0.3 is 5.32 Å². The zero-order valence-corrected chi connectivity index (χ0v) is 11.3. The molecule has 0 saturated heterocycles. The first-order chi connectivity index (χ1) is 7.97. The lowest BCUT2D eigenvalue weighted by Crippen LogP contribution is -2.01. The Morgan fingerprint density at radius 3 is 2.18 bits per heavy atom. The summed E-state index contributed by atoms with van der Waals surface area (Å²) in [6.07, 6.45) is 5.51. The molecule has 0 rings (SSSR count). The van der Waals surface area contributed by atoms with E-state index >= 15 is 0 Å². The lowest BCUT2D eigenvalue weighted by atomic mass is 9.98. The number of nitrogens with zero attached hydrogens (tertiary/aromatic N) is 1. The van der Waals surface area contributed by atoms with E-state index in [0.717, 1.165) is 28.1 Å². The van der Waals surface area contributed by atoms with Crippen molar-refractivity contribution >= 4 is 5.71 Å². The Morgan fingerprint density at radius 1 is 1.24 bits per heavy atom. The number of aliphatic imine (C=N–C) groups is 1. The first kappa shape index (κ1) is 15.2. The zero-order valence-electron chi connectivity index (χ0n) is 11.3. The molecule has 0 saturated carbocycles. The van der Waals surface area contributed by atoms with Crippen molar-refractivity contribution in [1.82, 2.24) is 5.32 Å². The van der Waals surface area contributed by atoms with Crippen LogP contribution in [-0.4, -0.2) is 12.8 Å². The Labute approximate surface area is 105 Å². The average Bonchev–Trinajstić information content (AvgIpc) is 2.30. The Morgan fingerprint density at radius 2 is 1.82 bits per heavy atom. The highest BCUT2D eigenvalue weighted by atomic mass is 14.8. The highest BCUT2D eigenvalue weighted by molar-refractivity contribution is 5.81. The second-order valence-electron chi connectivity index (χ2n) is 3.79. The van der Waals surface area contributed by atoms with Crippen LogP contribution in [0.2, 0.25) is 0 Å². The van der Waals surface area contributed by atoms with E-state index in [1.165, 1.54) is 0 Å². The minimum atomic E-state index is 0.827. The molecule has 0 aliphatic rings. The van der Waals surface area contributed by atoms with Crippen LogP contribution in [0.15, 0.2) is 65.5 Å². The van der Waals surface area contributed by atoms with Crippen LogP contribution in [-0.2, 0) is 0 Å². The molecule has 0 heterocycles. The predicted molar refractivity (Wildman–Crippen MR) is 78.2 cm³/mol. The second kappa shape index (κ2) is 7.44. The highest BCUT2D eigenvalue weighted by Gasteiger charge is 2.08. The van der Waals surface area contributed by atoms with E-state index in [0.29, 0.717) is 0 Å². The van der Waals surface area contributed by atoms with Crippen LogP contribution in [0.1, 0.15) is 20.8 Å². The van der Waals surface area contributed by atoms with Gasteiger partial charge in [0.15, 0.2) is 0 Å². The van der Waals surface area contributed by atoms with Gasteiger partial charge in [0.1, 0.15) is 0 Å². The molecule has 2 heteroatoms. The first-order valence-corrected chi connectivity index (χ1v) is 5.54. The summed E-state index contributed by atoms with van der Waals surface area (Å²) < 4.78 is 0. The molecule has 0 amide bonds. The summed E-state index contributed by atoms with van der Waals surface area (Å²) in [4.78, 5) is 4.45. The van der Waals surface area contributed by atoms with Gasteiger partial charge in [-0.05, 0) is 26.3 Å². The third kappa shape index (κ3) is 4.68. The van der Waals surface area contributed by atoms with Gasteiger partial charge in [-0.1, -0.05) is 31.9 Å². The molecule has 0 aromatic rings. The van der Waals surface area contributed by atoms with Gasteiger partial charge in [0.2, 0.25) is 0 Å². The molecule has 0 aliphatic heterocycles. The van der Waals surface area contributed by atoms with Gasteiger partial charge in [-0.15, -0.1) is 0 Å². The van der Waals surface area contributed by atoms with Crippen molar-refractivity contribution in [3.8, 4) is 0 Å². The summed E-state index contributed by atoms with van der Waals surface area (Å²) in [6.45, 7) is 17.6. The summed E-state index contributed by atoms with van der Waals surface area (Å²) in [6, 6.07) is 0. The molecule has 0 bridgehead atoms. The molecule has 0 fully saturated rings. The highest BCUT2D eigenvalue weighted by Crippen LogP contribution is 2.24. The maximum absolute atomic E-state index is 4.45. The van der Waals surface area contributed by atoms with E-state index in [-0.39, 0.29) is 0 Å². The third-order valence-electron chi connectivity index (χ3n) is 2.13. The monoisotopic (exact) mass is 230 g/mol. The molecule has 92 valence electrons. The summed E-state index contributed by atoms with van der Waals surface area (Å²) in [5.74, 6) is 0. The summed E-state index contributed by atoms with van der Waals surface area (Å²) >= 11 is 0. The van der Waals surface area contributed by atoms with Gasteiger partial charge in [-0.3, -0.25) is 4.99 Å². The van der Waals surface area contributed by atoms with Crippen LogP contribution < -0.4 is 5.32 Å². The predicted octanol–water partition coefficient (Wildman–Crippen LogP) is 3.77. The van der Waals surface area contributed by atoms with Crippen molar-refractivity contribution in [3.63, 3.8) is 0 Å². The summed E-state index contributed by atoms with van der Waals surface area (Å²) in [5, 5.41) is 2.99. The van der Waals surface area contributed by atoms with Gasteiger partial charge in [-0.2, -0.15) is 0 Å². The fourth-order valence-electron chi connectivity index (χ4n) is 1.31. The molecular formula is C15H22N2. The molecule has 0 aliphatic carbocycles. The largest absolute Gasteiger partial charge is 0.393 e. The maximum atomic E-state index is 4.45. The molecule has 0 spiro atoms. The number of hydrogen-bond acceptors (Lipinski definition) is 2. The van der Waals surface area contributed by atoms with E-state index in [1.54, 1.807) is 6.08 Å². The molecule has 2 nitrogen and oxygen atoms in total. The van der Waals surface area contributed by atoms with Gasteiger partial charge >= 0.3 is 0 Å². The SMILES string of the molecule is C=CC(=C)/C(=C/NC)C(=C)/C(=C/C)N=C(C)C. The smallest absolute Gasteiger partial charge is 0.0659 e. The third-order valence-corrected chi connectivity index (χ3v) is 2.13. The number of allylic oxidation sites excluding steroid dienone is 4. The molecule has 0 aromatic heterocycles. The standard InChI is InChI=1S/C15H22N2/c1-8-12(5)14(10-16-7)13(6)15(9-2)17-11(3)4/h8-10,16H,1,5-6H2,2-4,7H3/b14-10-,15-9-. The molecule has 1 N–H and O–H groups in total. The van der Waals surface area contributed by atoms with Crippen LogP contribution in [0.3, 0.4) is 0 Å². The van der Waals surface area contributed by atoms with E-state index in [2.05, 4.69) is 30.0 Å². The van der Waals surface area contributed by atoms with Crippen LogP contribution in [0, 0.1) is 0 Å². The first-order valence-electron chi connectivity index (χ1n) is 5.54. The van der Waals surface area contributed by atoms with Crippen molar-refractivity contribution in [3.05, 3.63) is 60.5 Å². The zero-order chi connectivity index (χ0) is 13.4. The average molecular weight is 230 g/mol. The Balaban J connectivity index is 5.37. The van der Waals surface area contributed by atoms with Crippen molar-refractivity contribution in [2.45, 2.75) is 20.8 Å². The van der Waals surface area contributed by atoms with E-state index in [1.807, 2.05) is 40.1 Å².